The van der Waals surface area contributed by atoms with Crippen molar-refractivity contribution in [2.24, 2.45) is 5.92 Å². The smallest absolute Gasteiger partial charge is 0.246 e. The van der Waals surface area contributed by atoms with Crippen molar-refractivity contribution in [2.75, 3.05) is 6.54 Å². The number of nitrogens with zero attached hydrogens (tertiary/aromatic N) is 2. The molecule has 156 valence electrons. The molecule has 4 rings (SSSR count). The monoisotopic (exact) mass is 398 g/mol. The fourth-order valence-corrected chi connectivity index (χ4v) is 4.46. The van der Waals surface area contributed by atoms with Gasteiger partial charge in [-0.3, -0.25) is 19.4 Å². The second-order valence-corrected chi connectivity index (χ2v) is 8.58. The summed E-state index contributed by atoms with van der Waals surface area (Å²) < 4.78 is 0. The first-order chi connectivity index (χ1) is 14.1. The lowest BCUT2D eigenvalue weighted by atomic mass is 10.1. The molecule has 3 aliphatic rings. The molecule has 0 bridgehead atoms. The van der Waals surface area contributed by atoms with Crippen LogP contribution in [0, 0.1) is 5.92 Å². The number of hydrogen-bond donors (Lipinski definition) is 2. The summed E-state index contributed by atoms with van der Waals surface area (Å²) in [4.78, 5) is 44.4. The molecule has 7 nitrogen and oxygen atoms in total. The zero-order valence-electron chi connectivity index (χ0n) is 16.8. The Labute approximate surface area is 171 Å². The Morgan fingerprint density at radius 1 is 1.07 bits per heavy atom. The number of rotatable bonds is 7. The van der Waals surface area contributed by atoms with E-state index in [2.05, 4.69) is 15.6 Å². The van der Waals surface area contributed by atoms with Crippen molar-refractivity contribution < 1.29 is 14.4 Å². The van der Waals surface area contributed by atoms with Crippen molar-refractivity contribution in [3.63, 3.8) is 0 Å². The van der Waals surface area contributed by atoms with Gasteiger partial charge in [-0.15, -0.1) is 0 Å². The maximum Gasteiger partial charge on any atom is 0.246 e. The topological polar surface area (TPSA) is 91.4 Å². The van der Waals surface area contributed by atoms with Gasteiger partial charge in [0, 0.05) is 37.3 Å². The SMILES string of the molecule is O=C(N[C@@H](Cc1cccnc1)C(=O)N1CCC[C@H]1C(=O)NC1CCCC1)C1CC1. The van der Waals surface area contributed by atoms with Crippen molar-refractivity contribution >= 4 is 17.7 Å². The van der Waals surface area contributed by atoms with E-state index in [1.807, 2.05) is 12.1 Å². The average molecular weight is 399 g/mol. The highest BCUT2D eigenvalue weighted by Gasteiger charge is 2.40. The molecule has 0 spiro atoms. The van der Waals surface area contributed by atoms with Crippen molar-refractivity contribution in [1.82, 2.24) is 20.5 Å². The number of carbonyl (C=O) groups is 3. The normalized spacial score (nSPS) is 23.0. The summed E-state index contributed by atoms with van der Waals surface area (Å²) in [5, 5.41) is 6.08. The van der Waals surface area contributed by atoms with E-state index in [-0.39, 0.29) is 29.7 Å². The first kappa shape index (κ1) is 19.9. The number of likely N-dealkylation sites (tertiary alicyclic amines) is 1. The molecule has 3 fully saturated rings. The van der Waals surface area contributed by atoms with Crippen LogP contribution in [0.4, 0.5) is 0 Å². The Morgan fingerprint density at radius 3 is 2.55 bits per heavy atom. The average Bonchev–Trinajstić information content (AvgIpc) is 3.24. The second-order valence-electron chi connectivity index (χ2n) is 8.58. The van der Waals surface area contributed by atoms with Gasteiger partial charge in [-0.05, 0) is 50.2 Å². The van der Waals surface area contributed by atoms with Gasteiger partial charge < -0.3 is 15.5 Å². The first-order valence-electron chi connectivity index (χ1n) is 10.9. The third kappa shape index (κ3) is 4.95. The van der Waals surface area contributed by atoms with E-state index >= 15 is 0 Å². The minimum absolute atomic E-state index is 0.0271. The molecule has 29 heavy (non-hydrogen) atoms. The van der Waals surface area contributed by atoms with Crippen LogP contribution in [0.1, 0.15) is 56.9 Å². The fraction of sp³-hybridized carbons (Fsp3) is 0.636. The van der Waals surface area contributed by atoms with E-state index in [4.69, 9.17) is 0 Å². The van der Waals surface area contributed by atoms with E-state index in [0.717, 1.165) is 50.5 Å². The highest BCUT2D eigenvalue weighted by molar-refractivity contribution is 5.93. The van der Waals surface area contributed by atoms with Gasteiger partial charge in [0.05, 0.1) is 0 Å². The van der Waals surface area contributed by atoms with Crippen molar-refractivity contribution in [3.8, 4) is 0 Å². The van der Waals surface area contributed by atoms with Gasteiger partial charge in [0.1, 0.15) is 12.1 Å². The van der Waals surface area contributed by atoms with Crippen LogP contribution in [0.15, 0.2) is 24.5 Å². The van der Waals surface area contributed by atoms with Crippen LogP contribution in [-0.2, 0) is 20.8 Å². The molecule has 0 aromatic carbocycles. The van der Waals surface area contributed by atoms with Gasteiger partial charge in [0.15, 0.2) is 0 Å². The Hall–Kier alpha value is -2.44. The molecule has 2 saturated carbocycles. The number of pyridine rings is 1. The standard InChI is InChI=1S/C22H30N4O3/c27-20(16-9-10-16)25-18(13-15-5-3-11-23-14-15)22(29)26-12-4-8-19(26)21(28)24-17-6-1-2-7-17/h3,5,11,14,16-19H,1-2,4,6-10,12-13H2,(H,24,28)(H,25,27)/t18-,19-/m0/s1. The molecule has 2 heterocycles. The number of hydrogen-bond acceptors (Lipinski definition) is 4. The van der Waals surface area contributed by atoms with Crippen LogP contribution in [-0.4, -0.2) is 52.3 Å². The number of nitrogens with one attached hydrogen (secondary N) is 2. The fourth-order valence-electron chi connectivity index (χ4n) is 4.46. The van der Waals surface area contributed by atoms with Crippen LogP contribution >= 0.6 is 0 Å². The number of carbonyl (C=O) groups excluding carboxylic acids is 3. The Bertz CT molecular complexity index is 744. The molecule has 1 aromatic heterocycles. The summed E-state index contributed by atoms with van der Waals surface area (Å²) in [5.41, 5.74) is 0.896. The quantitative estimate of drug-likeness (QED) is 0.729. The van der Waals surface area contributed by atoms with Gasteiger partial charge >= 0.3 is 0 Å². The molecule has 0 radical (unpaired) electrons. The van der Waals surface area contributed by atoms with Crippen molar-refractivity contribution in [1.29, 1.82) is 0 Å². The van der Waals surface area contributed by atoms with Crippen LogP contribution in [0.3, 0.4) is 0 Å². The molecule has 1 aromatic rings. The summed E-state index contributed by atoms with van der Waals surface area (Å²) in [6.45, 7) is 0.560. The van der Waals surface area contributed by atoms with Crippen LogP contribution in [0.25, 0.3) is 0 Å². The highest BCUT2D eigenvalue weighted by atomic mass is 16.2. The third-order valence-corrected chi connectivity index (χ3v) is 6.27. The van der Waals surface area contributed by atoms with Gasteiger partial charge in [0.25, 0.3) is 0 Å². The first-order valence-corrected chi connectivity index (χ1v) is 10.9. The molecular weight excluding hydrogens is 368 g/mol. The zero-order valence-corrected chi connectivity index (χ0v) is 16.8. The Morgan fingerprint density at radius 2 is 1.86 bits per heavy atom. The molecule has 1 aliphatic heterocycles. The largest absolute Gasteiger partial charge is 0.352 e. The van der Waals surface area contributed by atoms with Crippen LogP contribution in [0.2, 0.25) is 0 Å². The Kier molecular flexibility index (Phi) is 6.11. The molecule has 2 atom stereocenters. The molecule has 2 aliphatic carbocycles. The summed E-state index contributed by atoms with van der Waals surface area (Å²) >= 11 is 0. The van der Waals surface area contributed by atoms with E-state index in [1.165, 1.54) is 0 Å². The van der Waals surface area contributed by atoms with Gasteiger partial charge in [0.2, 0.25) is 17.7 Å². The predicted octanol–water partition coefficient (Wildman–Crippen LogP) is 1.57. The molecule has 7 heteroatoms. The number of aromatic nitrogens is 1. The molecule has 0 unspecified atom stereocenters. The minimum Gasteiger partial charge on any atom is -0.352 e. The third-order valence-electron chi connectivity index (χ3n) is 6.27. The lowest BCUT2D eigenvalue weighted by Gasteiger charge is -2.29. The lowest BCUT2D eigenvalue weighted by molar-refractivity contribution is -0.141. The van der Waals surface area contributed by atoms with Gasteiger partial charge in [-0.25, -0.2) is 0 Å². The maximum atomic E-state index is 13.4. The van der Waals surface area contributed by atoms with E-state index in [0.29, 0.717) is 19.4 Å². The summed E-state index contributed by atoms with van der Waals surface area (Å²) in [6, 6.07) is 2.88. The van der Waals surface area contributed by atoms with Crippen molar-refractivity contribution in [2.45, 2.75) is 75.9 Å². The predicted molar refractivity (Wildman–Crippen MR) is 108 cm³/mol. The Balaban J connectivity index is 1.45. The summed E-state index contributed by atoms with van der Waals surface area (Å²) in [6.07, 6.45) is 11.4. The maximum absolute atomic E-state index is 13.4. The second kappa shape index (κ2) is 8.93. The van der Waals surface area contributed by atoms with Crippen LogP contribution in [0.5, 0.6) is 0 Å². The lowest BCUT2D eigenvalue weighted by Crippen LogP contribution is -2.55. The minimum atomic E-state index is -0.660. The van der Waals surface area contributed by atoms with Crippen LogP contribution < -0.4 is 10.6 Å². The van der Waals surface area contributed by atoms with Gasteiger partial charge in [-0.2, -0.15) is 0 Å². The van der Waals surface area contributed by atoms with E-state index in [9.17, 15) is 14.4 Å². The molecule has 1 saturated heterocycles. The molecular formula is C22H30N4O3. The summed E-state index contributed by atoms with van der Waals surface area (Å²) in [7, 11) is 0. The number of amides is 3. The summed E-state index contributed by atoms with van der Waals surface area (Å²) in [5.74, 6) is -0.235. The molecule has 3 amide bonds. The zero-order chi connectivity index (χ0) is 20.2. The highest BCUT2D eigenvalue weighted by Crippen LogP contribution is 2.29. The van der Waals surface area contributed by atoms with E-state index in [1.54, 1.807) is 17.3 Å². The van der Waals surface area contributed by atoms with E-state index < -0.39 is 12.1 Å². The molecule has 2 N–H and O–H groups in total. The van der Waals surface area contributed by atoms with Crippen molar-refractivity contribution in [3.05, 3.63) is 30.1 Å². The van der Waals surface area contributed by atoms with Gasteiger partial charge in [-0.1, -0.05) is 18.9 Å².